The predicted molar refractivity (Wildman–Crippen MR) is 90.4 cm³/mol. The Bertz CT molecular complexity index is 538. The van der Waals surface area contributed by atoms with Crippen molar-refractivity contribution in [2.24, 2.45) is 16.3 Å². The van der Waals surface area contributed by atoms with Crippen molar-refractivity contribution in [3.8, 4) is 0 Å². The van der Waals surface area contributed by atoms with Gasteiger partial charge in [0.2, 0.25) is 0 Å². The highest BCUT2D eigenvalue weighted by Gasteiger charge is 2.66. The number of rotatable bonds is 4. The highest BCUT2D eigenvalue weighted by Crippen LogP contribution is 2.62. The summed E-state index contributed by atoms with van der Waals surface area (Å²) in [6.45, 7) is 1.88. The van der Waals surface area contributed by atoms with Crippen LogP contribution in [0.4, 0.5) is 0 Å². The second-order valence-electron chi connectivity index (χ2n) is 6.78. The molecule has 0 amide bonds. The van der Waals surface area contributed by atoms with Crippen molar-refractivity contribution in [2.75, 3.05) is 20.2 Å². The molecule has 2 N–H and O–H groups in total. The van der Waals surface area contributed by atoms with Gasteiger partial charge < -0.3 is 15.4 Å². The molecular weight excluding hydrogens is 294 g/mol. The number of aliphatic imine (C=N–C) groups is 1. The van der Waals surface area contributed by atoms with Crippen LogP contribution in [0.1, 0.15) is 30.6 Å². The summed E-state index contributed by atoms with van der Waals surface area (Å²) in [5.41, 5.74) is 0.409. The minimum Gasteiger partial charge on any atom is -0.377 e. The second-order valence-corrected chi connectivity index (χ2v) is 7.81. The summed E-state index contributed by atoms with van der Waals surface area (Å²) in [7, 11) is 1.87. The third kappa shape index (κ3) is 2.26. The summed E-state index contributed by atoms with van der Waals surface area (Å²) in [5.74, 6) is 1.65. The Morgan fingerprint density at radius 2 is 2.41 bits per heavy atom. The highest BCUT2D eigenvalue weighted by molar-refractivity contribution is 7.09. The molecule has 1 aromatic rings. The van der Waals surface area contributed by atoms with Crippen molar-refractivity contribution in [3.05, 3.63) is 22.4 Å². The molecule has 1 aromatic heterocycles. The fraction of sp³-hybridized carbons (Fsp3) is 0.706. The lowest BCUT2D eigenvalue weighted by Crippen LogP contribution is -2.72. The van der Waals surface area contributed by atoms with E-state index in [1.54, 1.807) is 0 Å². The molecule has 3 fully saturated rings. The first-order valence-corrected chi connectivity index (χ1v) is 9.33. The van der Waals surface area contributed by atoms with Crippen LogP contribution in [0.3, 0.4) is 0 Å². The molecule has 0 radical (unpaired) electrons. The van der Waals surface area contributed by atoms with E-state index in [1.807, 2.05) is 18.4 Å². The van der Waals surface area contributed by atoms with E-state index < -0.39 is 0 Å². The van der Waals surface area contributed by atoms with Gasteiger partial charge in [0.05, 0.1) is 6.10 Å². The van der Waals surface area contributed by atoms with Crippen molar-refractivity contribution in [2.45, 2.75) is 44.2 Å². The molecule has 0 bridgehead atoms. The van der Waals surface area contributed by atoms with E-state index >= 15 is 0 Å². The topological polar surface area (TPSA) is 45.7 Å². The van der Waals surface area contributed by atoms with Gasteiger partial charge in [-0.05, 0) is 37.1 Å². The normalized spacial score (nSPS) is 32.2. The lowest BCUT2D eigenvalue weighted by Gasteiger charge is -2.63. The molecule has 3 unspecified atom stereocenters. The molecule has 3 aliphatic rings. The number of fused-ring (bicyclic) bond motifs is 2. The summed E-state index contributed by atoms with van der Waals surface area (Å²) in [6, 6.07) is 4.86. The van der Waals surface area contributed by atoms with Gasteiger partial charge in [0, 0.05) is 42.5 Å². The standard InChI is InChI=1S/C17H25N3OS/c1-18-16(19-9-5-12-4-2-11-22-12)20-14-13-6-10-21-15(13)17(14)7-3-8-17/h2,4,11,13-15H,3,5-10H2,1H3,(H2,18,19,20). The monoisotopic (exact) mass is 319 g/mol. The maximum atomic E-state index is 5.99. The van der Waals surface area contributed by atoms with Gasteiger partial charge in [0.1, 0.15) is 0 Å². The number of thiophene rings is 1. The Hall–Kier alpha value is -1.07. The van der Waals surface area contributed by atoms with Gasteiger partial charge in [-0.3, -0.25) is 4.99 Å². The van der Waals surface area contributed by atoms with Crippen LogP contribution >= 0.6 is 11.3 Å². The van der Waals surface area contributed by atoms with Crippen molar-refractivity contribution in [1.29, 1.82) is 0 Å². The van der Waals surface area contributed by atoms with E-state index in [4.69, 9.17) is 4.74 Å². The van der Waals surface area contributed by atoms with Crippen molar-refractivity contribution in [1.82, 2.24) is 10.6 Å². The average Bonchev–Trinajstić information content (AvgIpc) is 3.11. The molecule has 120 valence electrons. The molecule has 5 heteroatoms. The van der Waals surface area contributed by atoms with E-state index in [2.05, 4.69) is 33.1 Å². The number of ether oxygens (including phenoxy) is 1. The van der Waals surface area contributed by atoms with Gasteiger partial charge in [0.15, 0.2) is 5.96 Å². The van der Waals surface area contributed by atoms with E-state index in [0.717, 1.165) is 25.5 Å². The SMILES string of the molecule is CN=C(NCCc1cccs1)NC1C2CCOC2C12CCC2. The minimum absolute atomic E-state index is 0.409. The lowest BCUT2D eigenvalue weighted by molar-refractivity contribution is -0.171. The second kappa shape index (κ2) is 5.85. The van der Waals surface area contributed by atoms with Gasteiger partial charge in [-0.25, -0.2) is 0 Å². The minimum atomic E-state index is 0.409. The zero-order chi connectivity index (χ0) is 15.0. The summed E-state index contributed by atoms with van der Waals surface area (Å²) >= 11 is 1.82. The van der Waals surface area contributed by atoms with Gasteiger partial charge >= 0.3 is 0 Å². The number of guanidine groups is 1. The van der Waals surface area contributed by atoms with Crippen LogP contribution in [0.15, 0.2) is 22.5 Å². The van der Waals surface area contributed by atoms with Crippen LogP contribution in [0.2, 0.25) is 0 Å². The molecule has 4 rings (SSSR count). The average molecular weight is 319 g/mol. The zero-order valence-corrected chi connectivity index (χ0v) is 14.0. The molecule has 22 heavy (non-hydrogen) atoms. The Balaban J connectivity index is 1.33. The van der Waals surface area contributed by atoms with E-state index in [1.165, 1.54) is 30.6 Å². The van der Waals surface area contributed by atoms with Crippen molar-refractivity contribution in [3.63, 3.8) is 0 Å². The molecule has 3 atom stereocenters. The Morgan fingerprint density at radius 1 is 1.50 bits per heavy atom. The first kappa shape index (κ1) is 14.5. The maximum absolute atomic E-state index is 5.99. The number of hydrogen-bond donors (Lipinski definition) is 2. The molecule has 2 heterocycles. The molecule has 0 aromatic carbocycles. The first-order valence-electron chi connectivity index (χ1n) is 8.45. The van der Waals surface area contributed by atoms with Crippen molar-refractivity contribution < 1.29 is 4.74 Å². The third-order valence-electron chi connectivity index (χ3n) is 5.80. The van der Waals surface area contributed by atoms with Crippen LogP contribution in [0.25, 0.3) is 0 Å². The first-order chi connectivity index (χ1) is 10.8. The molecule has 1 saturated heterocycles. The summed E-state index contributed by atoms with van der Waals surface area (Å²) in [6.07, 6.45) is 6.77. The number of hydrogen-bond acceptors (Lipinski definition) is 3. The Morgan fingerprint density at radius 3 is 3.09 bits per heavy atom. The molecule has 2 saturated carbocycles. The van der Waals surface area contributed by atoms with Crippen molar-refractivity contribution >= 4 is 17.3 Å². The fourth-order valence-electron chi connectivity index (χ4n) is 4.56. The van der Waals surface area contributed by atoms with E-state index in [0.29, 0.717) is 23.5 Å². The van der Waals surface area contributed by atoms with E-state index in [-0.39, 0.29) is 0 Å². The van der Waals surface area contributed by atoms with Crippen LogP contribution in [0.5, 0.6) is 0 Å². The number of nitrogens with one attached hydrogen (secondary N) is 2. The largest absolute Gasteiger partial charge is 0.377 e. The molecule has 4 nitrogen and oxygen atoms in total. The Kier molecular flexibility index (Phi) is 3.86. The highest BCUT2D eigenvalue weighted by atomic mass is 32.1. The number of nitrogens with zero attached hydrogens (tertiary/aromatic N) is 1. The quantitative estimate of drug-likeness (QED) is 0.662. The molecule has 2 aliphatic carbocycles. The van der Waals surface area contributed by atoms with Crippen LogP contribution < -0.4 is 10.6 Å². The van der Waals surface area contributed by atoms with Gasteiger partial charge in [-0.1, -0.05) is 12.5 Å². The van der Waals surface area contributed by atoms with Crippen LogP contribution in [-0.2, 0) is 11.2 Å². The van der Waals surface area contributed by atoms with Gasteiger partial charge in [-0.15, -0.1) is 11.3 Å². The van der Waals surface area contributed by atoms with Gasteiger partial charge in [0.25, 0.3) is 0 Å². The lowest BCUT2D eigenvalue weighted by atomic mass is 9.46. The predicted octanol–water partition coefficient (Wildman–Crippen LogP) is 2.41. The smallest absolute Gasteiger partial charge is 0.191 e. The van der Waals surface area contributed by atoms with Crippen LogP contribution in [0, 0.1) is 11.3 Å². The summed E-state index contributed by atoms with van der Waals surface area (Å²) in [4.78, 5) is 5.85. The maximum Gasteiger partial charge on any atom is 0.191 e. The van der Waals surface area contributed by atoms with Crippen LogP contribution in [-0.4, -0.2) is 38.3 Å². The zero-order valence-electron chi connectivity index (χ0n) is 13.2. The summed E-state index contributed by atoms with van der Waals surface area (Å²) < 4.78 is 5.99. The van der Waals surface area contributed by atoms with E-state index in [9.17, 15) is 0 Å². The molecular formula is C17H25N3OS. The Labute approximate surface area is 136 Å². The van der Waals surface area contributed by atoms with Gasteiger partial charge in [-0.2, -0.15) is 0 Å². The molecule has 1 spiro atoms. The third-order valence-corrected chi connectivity index (χ3v) is 6.73. The summed E-state index contributed by atoms with van der Waals surface area (Å²) in [5, 5.41) is 9.32. The molecule has 1 aliphatic heterocycles. The fourth-order valence-corrected chi connectivity index (χ4v) is 5.27.